The lowest BCUT2D eigenvalue weighted by molar-refractivity contribution is 0.0111. The lowest BCUT2D eigenvalue weighted by Crippen LogP contribution is -2.24. The second-order valence-corrected chi connectivity index (χ2v) is 5.51. The molecule has 0 aliphatic rings. The van der Waals surface area contributed by atoms with Gasteiger partial charge in [-0.15, -0.1) is 11.3 Å². The maximum Gasteiger partial charge on any atom is 0.349 e. The third-order valence-electron chi connectivity index (χ3n) is 2.40. The Balaban J connectivity index is 2.37. The summed E-state index contributed by atoms with van der Waals surface area (Å²) in [5.74, 6) is -0.704. The van der Waals surface area contributed by atoms with E-state index in [0.29, 0.717) is 12.4 Å². The summed E-state index contributed by atoms with van der Waals surface area (Å²) in [7, 11) is 0. The molecule has 6 heteroatoms. The van der Waals surface area contributed by atoms with Gasteiger partial charge in [-0.1, -0.05) is 13.3 Å². The topological polar surface area (TPSA) is 76.0 Å². The number of thiophene rings is 1. The minimum Gasteiger partial charge on any atom is -0.489 e. The Kier molecular flexibility index (Phi) is 6.83. The fraction of sp³-hybridized carbons (Fsp3) is 0.615. The number of unbranched alkanes of at least 4 members (excludes halogenated alkanes) is 1. The Bertz CT molecular complexity index is 402. The van der Waals surface area contributed by atoms with E-state index in [1.807, 2.05) is 6.92 Å². The molecule has 0 amide bonds. The highest BCUT2D eigenvalue weighted by molar-refractivity contribution is 7.14. The molecule has 1 atom stereocenters. The zero-order valence-electron chi connectivity index (χ0n) is 11.2. The van der Waals surface area contributed by atoms with E-state index in [4.69, 9.17) is 14.6 Å². The first-order valence-corrected chi connectivity index (χ1v) is 7.08. The molecule has 1 rings (SSSR count). The number of aliphatic hydroxyl groups excluding tert-OH is 1. The van der Waals surface area contributed by atoms with Crippen LogP contribution in [0.15, 0.2) is 6.07 Å². The van der Waals surface area contributed by atoms with Gasteiger partial charge in [0.05, 0.1) is 6.61 Å². The Labute approximate surface area is 116 Å². The van der Waals surface area contributed by atoms with Crippen LogP contribution in [-0.4, -0.2) is 42.1 Å². The molecule has 0 aromatic carbocycles. The van der Waals surface area contributed by atoms with E-state index < -0.39 is 12.1 Å². The maximum atomic E-state index is 11.0. The van der Waals surface area contributed by atoms with E-state index in [0.717, 1.165) is 29.1 Å². The van der Waals surface area contributed by atoms with Crippen LogP contribution in [0.1, 0.15) is 34.3 Å². The van der Waals surface area contributed by atoms with Crippen molar-refractivity contribution in [3.8, 4) is 5.75 Å². The quantitative estimate of drug-likeness (QED) is 0.682. The molecule has 0 aliphatic carbocycles. The lowest BCUT2D eigenvalue weighted by atomic mass is 10.3. The van der Waals surface area contributed by atoms with Gasteiger partial charge in [0.25, 0.3) is 0 Å². The number of aromatic carboxylic acids is 1. The number of rotatable bonds is 9. The first-order valence-electron chi connectivity index (χ1n) is 6.27. The van der Waals surface area contributed by atoms with E-state index in [9.17, 15) is 9.90 Å². The molecule has 19 heavy (non-hydrogen) atoms. The summed E-state index contributed by atoms with van der Waals surface area (Å²) in [6, 6.07) is 1.67. The van der Waals surface area contributed by atoms with Gasteiger partial charge in [-0.05, 0) is 19.4 Å². The molecule has 1 aromatic heterocycles. The van der Waals surface area contributed by atoms with E-state index in [1.165, 1.54) is 0 Å². The summed E-state index contributed by atoms with van der Waals surface area (Å²) >= 11 is 1.16. The highest BCUT2D eigenvalue weighted by Gasteiger charge is 2.16. The van der Waals surface area contributed by atoms with Crippen LogP contribution in [0.4, 0.5) is 0 Å². The van der Waals surface area contributed by atoms with Crippen LogP contribution < -0.4 is 4.74 Å². The molecule has 0 saturated carbocycles. The van der Waals surface area contributed by atoms with E-state index in [2.05, 4.69) is 6.92 Å². The van der Waals surface area contributed by atoms with Crippen molar-refractivity contribution in [2.75, 3.05) is 19.8 Å². The van der Waals surface area contributed by atoms with Gasteiger partial charge < -0.3 is 19.7 Å². The van der Waals surface area contributed by atoms with Gasteiger partial charge in [-0.3, -0.25) is 0 Å². The molecule has 2 N–H and O–H groups in total. The maximum absolute atomic E-state index is 11.0. The predicted octanol–water partition coefficient (Wildman–Crippen LogP) is 2.31. The molecule has 5 nitrogen and oxygen atoms in total. The molecular weight excluding hydrogens is 268 g/mol. The highest BCUT2D eigenvalue weighted by atomic mass is 32.1. The summed E-state index contributed by atoms with van der Waals surface area (Å²) < 4.78 is 10.6. The average Bonchev–Trinajstić information content (AvgIpc) is 2.74. The van der Waals surface area contributed by atoms with Crippen molar-refractivity contribution in [2.24, 2.45) is 0 Å². The van der Waals surface area contributed by atoms with Crippen molar-refractivity contribution in [2.45, 2.75) is 32.8 Å². The lowest BCUT2D eigenvalue weighted by Gasteiger charge is -2.12. The zero-order valence-corrected chi connectivity index (χ0v) is 12.0. The first-order chi connectivity index (χ1) is 9.04. The third kappa shape index (κ3) is 5.59. The molecule has 0 saturated heterocycles. The van der Waals surface area contributed by atoms with Crippen molar-refractivity contribution in [3.63, 3.8) is 0 Å². The Morgan fingerprint density at radius 2 is 2.21 bits per heavy atom. The highest BCUT2D eigenvalue weighted by Crippen LogP contribution is 2.28. The molecule has 1 aromatic rings. The van der Waals surface area contributed by atoms with Gasteiger partial charge in [0.15, 0.2) is 4.88 Å². The molecule has 0 bridgehead atoms. The van der Waals surface area contributed by atoms with Gasteiger partial charge in [-0.25, -0.2) is 4.79 Å². The largest absolute Gasteiger partial charge is 0.489 e. The van der Waals surface area contributed by atoms with Crippen LogP contribution in [0.25, 0.3) is 0 Å². The fourth-order valence-electron chi connectivity index (χ4n) is 1.45. The third-order valence-corrected chi connectivity index (χ3v) is 3.42. The molecule has 0 spiro atoms. The van der Waals surface area contributed by atoms with Crippen LogP contribution in [-0.2, 0) is 4.74 Å². The van der Waals surface area contributed by atoms with Gasteiger partial charge in [0.2, 0.25) is 0 Å². The molecule has 1 unspecified atom stereocenters. The molecule has 0 radical (unpaired) electrons. The van der Waals surface area contributed by atoms with Crippen LogP contribution in [0.3, 0.4) is 0 Å². The number of aliphatic hydroxyl groups is 1. The standard InChI is InChI=1S/C13H20O5S/c1-3-4-5-17-7-10(14)8-18-11-6-9(2)19-12(11)13(15)16/h6,10,14H,3-5,7-8H2,1-2H3,(H,15,16). The van der Waals surface area contributed by atoms with Crippen molar-refractivity contribution < 1.29 is 24.5 Å². The molecule has 108 valence electrons. The van der Waals surface area contributed by atoms with Crippen molar-refractivity contribution in [1.82, 2.24) is 0 Å². The Morgan fingerprint density at radius 3 is 2.84 bits per heavy atom. The van der Waals surface area contributed by atoms with Crippen LogP contribution in [0.5, 0.6) is 5.75 Å². The van der Waals surface area contributed by atoms with Crippen LogP contribution in [0.2, 0.25) is 0 Å². The summed E-state index contributed by atoms with van der Waals surface area (Å²) in [6.45, 7) is 4.73. The summed E-state index contributed by atoms with van der Waals surface area (Å²) in [5, 5.41) is 18.6. The van der Waals surface area contributed by atoms with Gasteiger partial charge >= 0.3 is 5.97 Å². The molecule has 0 fully saturated rings. The minimum atomic E-state index is -1.01. The van der Waals surface area contributed by atoms with E-state index >= 15 is 0 Å². The SMILES string of the molecule is CCCCOCC(O)COc1cc(C)sc1C(=O)O. The van der Waals surface area contributed by atoms with Crippen LogP contribution >= 0.6 is 11.3 Å². The summed E-state index contributed by atoms with van der Waals surface area (Å²) in [6.07, 6.45) is 1.25. The monoisotopic (exact) mass is 288 g/mol. The smallest absolute Gasteiger partial charge is 0.349 e. The Hall–Kier alpha value is -1.11. The average molecular weight is 288 g/mol. The van der Waals surface area contributed by atoms with E-state index in [1.54, 1.807) is 6.07 Å². The second-order valence-electron chi connectivity index (χ2n) is 4.25. The molecule has 1 heterocycles. The zero-order chi connectivity index (χ0) is 14.3. The number of carboxylic acids is 1. The van der Waals surface area contributed by atoms with Gasteiger partial charge in [0, 0.05) is 11.5 Å². The summed E-state index contributed by atoms with van der Waals surface area (Å²) in [4.78, 5) is 12.0. The number of ether oxygens (including phenoxy) is 2. The normalized spacial score (nSPS) is 12.4. The van der Waals surface area contributed by atoms with E-state index in [-0.39, 0.29) is 18.1 Å². The number of carboxylic acid groups (broad SMARTS) is 1. The number of hydrogen-bond acceptors (Lipinski definition) is 5. The predicted molar refractivity (Wildman–Crippen MR) is 73.2 cm³/mol. The van der Waals surface area contributed by atoms with Gasteiger partial charge in [-0.2, -0.15) is 0 Å². The number of aryl methyl sites for hydroxylation is 1. The van der Waals surface area contributed by atoms with Crippen molar-refractivity contribution >= 4 is 17.3 Å². The minimum absolute atomic E-state index is 0.0303. The number of hydrogen-bond donors (Lipinski definition) is 2. The fourth-order valence-corrected chi connectivity index (χ4v) is 2.24. The number of carbonyl (C=O) groups is 1. The second kappa shape index (κ2) is 8.14. The molecule has 0 aliphatic heterocycles. The van der Waals surface area contributed by atoms with Crippen LogP contribution in [0, 0.1) is 6.92 Å². The van der Waals surface area contributed by atoms with Gasteiger partial charge in [0.1, 0.15) is 18.5 Å². The first kappa shape index (κ1) is 15.9. The summed E-state index contributed by atoms with van der Waals surface area (Å²) in [5.41, 5.74) is 0. The van der Waals surface area contributed by atoms with Crippen molar-refractivity contribution in [1.29, 1.82) is 0 Å². The van der Waals surface area contributed by atoms with Crippen molar-refractivity contribution in [3.05, 3.63) is 15.8 Å². The molecular formula is C13H20O5S. The Morgan fingerprint density at radius 1 is 1.47 bits per heavy atom.